The lowest BCUT2D eigenvalue weighted by Crippen LogP contribution is -2.02. The molecule has 2 nitrogen and oxygen atoms in total. The predicted molar refractivity (Wildman–Crippen MR) is 110 cm³/mol. The molecule has 0 amide bonds. The van der Waals surface area contributed by atoms with Crippen LogP contribution in [0.3, 0.4) is 0 Å². The van der Waals surface area contributed by atoms with Gasteiger partial charge in [0.1, 0.15) is 11.5 Å². The molecule has 2 aromatic rings. The Morgan fingerprint density at radius 3 is 2.27 bits per heavy atom. The average Bonchev–Trinajstić information content (AvgIpc) is 2.66. The second-order valence-electron chi connectivity index (χ2n) is 7.01. The van der Waals surface area contributed by atoms with Crippen molar-refractivity contribution in [3.05, 3.63) is 59.7 Å². The summed E-state index contributed by atoms with van der Waals surface area (Å²) in [7, 11) is 0. The molecule has 142 valence electrons. The van der Waals surface area contributed by atoms with Crippen molar-refractivity contribution in [2.75, 3.05) is 13.2 Å². The van der Waals surface area contributed by atoms with E-state index in [4.69, 9.17) is 9.47 Å². The van der Waals surface area contributed by atoms with Crippen LogP contribution in [0.2, 0.25) is 0 Å². The largest absolute Gasteiger partial charge is 0.457 e. The summed E-state index contributed by atoms with van der Waals surface area (Å²) in [6, 6.07) is 16.3. The smallest absolute Gasteiger partial charge is 0.130 e. The van der Waals surface area contributed by atoms with E-state index in [1.54, 1.807) is 0 Å². The SMILES string of the molecule is CCCCCCCCCOCCc1cc(C)ccc1Oc1ccccc1. The minimum Gasteiger partial charge on any atom is -0.457 e. The number of rotatable bonds is 13. The maximum Gasteiger partial charge on any atom is 0.130 e. The first-order valence-corrected chi connectivity index (χ1v) is 10.2. The van der Waals surface area contributed by atoms with Gasteiger partial charge in [-0.3, -0.25) is 0 Å². The van der Waals surface area contributed by atoms with Gasteiger partial charge in [0.05, 0.1) is 6.61 Å². The zero-order valence-corrected chi connectivity index (χ0v) is 16.5. The second-order valence-corrected chi connectivity index (χ2v) is 7.01. The number of ether oxygens (including phenoxy) is 2. The Hall–Kier alpha value is -1.80. The summed E-state index contributed by atoms with van der Waals surface area (Å²) in [5.41, 5.74) is 2.47. The fraction of sp³-hybridized carbons (Fsp3) is 0.500. The normalized spacial score (nSPS) is 10.8. The molecule has 0 spiro atoms. The molecule has 0 bridgehead atoms. The number of hydrogen-bond acceptors (Lipinski definition) is 2. The molecule has 2 aromatic carbocycles. The summed E-state index contributed by atoms with van der Waals surface area (Å²) in [5, 5.41) is 0. The van der Waals surface area contributed by atoms with Crippen LogP contribution in [-0.2, 0) is 11.2 Å². The summed E-state index contributed by atoms with van der Waals surface area (Å²) in [4.78, 5) is 0. The molecule has 0 saturated carbocycles. The standard InChI is InChI=1S/C24H34O2/c1-3-4-5-6-7-8-12-18-25-19-17-22-20-21(2)15-16-24(22)26-23-13-10-9-11-14-23/h9-11,13-16,20H,3-8,12,17-19H2,1-2H3. The molecule has 0 saturated heterocycles. The van der Waals surface area contributed by atoms with Crippen molar-refractivity contribution < 1.29 is 9.47 Å². The van der Waals surface area contributed by atoms with Crippen molar-refractivity contribution in [3.8, 4) is 11.5 Å². The number of para-hydroxylation sites is 1. The fourth-order valence-electron chi connectivity index (χ4n) is 3.06. The molecule has 0 aliphatic carbocycles. The third kappa shape index (κ3) is 8.05. The van der Waals surface area contributed by atoms with Crippen LogP contribution in [0.5, 0.6) is 11.5 Å². The molecule has 2 rings (SSSR count). The lowest BCUT2D eigenvalue weighted by molar-refractivity contribution is 0.132. The molecule has 0 fully saturated rings. The quantitative estimate of drug-likeness (QED) is 0.357. The second kappa shape index (κ2) is 12.5. The van der Waals surface area contributed by atoms with Crippen molar-refractivity contribution in [1.82, 2.24) is 0 Å². The Kier molecular flexibility index (Phi) is 9.89. The van der Waals surface area contributed by atoms with Gasteiger partial charge in [0.25, 0.3) is 0 Å². The molecule has 0 heterocycles. The van der Waals surface area contributed by atoms with Crippen LogP contribution >= 0.6 is 0 Å². The Morgan fingerprint density at radius 2 is 1.50 bits per heavy atom. The van der Waals surface area contributed by atoms with Crippen molar-refractivity contribution >= 4 is 0 Å². The van der Waals surface area contributed by atoms with Gasteiger partial charge in [-0.1, -0.05) is 81.3 Å². The van der Waals surface area contributed by atoms with Crippen LogP contribution < -0.4 is 4.74 Å². The van der Waals surface area contributed by atoms with Gasteiger partial charge < -0.3 is 9.47 Å². The first-order chi connectivity index (χ1) is 12.8. The van der Waals surface area contributed by atoms with Crippen molar-refractivity contribution in [2.45, 2.75) is 65.2 Å². The van der Waals surface area contributed by atoms with Gasteiger partial charge in [-0.05, 0) is 43.5 Å². The minimum atomic E-state index is 0.754. The lowest BCUT2D eigenvalue weighted by Gasteiger charge is -2.12. The maximum absolute atomic E-state index is 6.05. The van der Waals surface area contributed by atoms with Gasteiger partial charge in [0.15, 0.2) is 0 Å². The predicted octanol–water partition coefficient (Wildman–Crippen LogP) is 7.10. The molecule has 0 unspecified atom stereocenters. The number of hydrogen-bond donors (Lipinski definition) is 0. The Labute approximate surface area is 159 Å². The highest BCUT2D eigenvalue weighted by Crippen LogP contribution is 2.26. The van der Waals surface area contributed by atoms with Gasteiger partial charge >= 0.3 is 0 Å². The molecule has 0 radical (unpaired) electrons. The van der Waals surface area contributed by atoms with Crippen molar-refractivity contribution in [1.29, 1.82) is 0 Å². The van der Waals surface area contributed by atoms with Crippen LogP contribution in [0.1, 0.15) is 63.0 Å². The summed E-state index contributed by atoms with van der Waals surface area (Å²) in [5.74, 6) is 1.81. The van der Waals surface area contributed by atoms with E-state index in [1.165, 1.54) is 56.1 Å². The number of benzene rings is 2. The summed E-state index contributed by atoms with van der Waals surface area (Å²) >= 11 is 0. The topological polar surface area (TPSA) is 18.5 Å². The third-order valence-corrected chi connectivity index (χ3v) is 4.59. The Balaban J connectivity index is 1.69. The van der Waals surface area contributed by atoms with Gasteiger partial charge in [0.2, 0.25) is 0 Å². The fourth-order valence-corrected chi connectivity index (χ4v) is 3.06. The zero-order chi connectivity index (χ0) is 18.5. The first kappa shape index (κ1) is 20.5. The van der Waals surface area contributed by atoms with E-state index in [9.17, 15) is 0 Å². The van der Waals surface area contributed by atoms with E-state index in [0.29, 0.717) is 0 Å². The molecule has 0 atom stereocenters. The third-order valence-electron chi connectivity index (χ3n) is 4.59. The molecule has 0 N–H and O–H groups in total. The minimum absolute atomic E-state index is 0.754. The average molecular weight is 355 g/mol. The van der Waals surface area contributed by atoms with Crippen LogP contribution in [0.15, 0.2) is 48.5 Å². The highest BCUT2D eigenvalue weighted by Gasteiger charge is 2.06. The van der Waals surface area contributed by atoms with Crippen molar-refractivity contribution in [2.24, 2.45) is 0 Å². The van der Waals surface area contributed by atoms with Crippen molar-refractivity contribution in [3.63, 3.8) is 0 Å². The lowest BCUT2D eigenvalue weighted by atomic mass is 10.1. The van der Waals surface area contributed by atoms with Crippen LogP contribution in [0.4, 0.5) is 0 Å². The van der Waals surface area contributed by atoms with E-state index < -0.39 is 0 Å². The maximum atomic E-state index is 6.05. The Morgan fingerprint density at radius 1 is 0.769 bits per heavy atom. The van der Waals surface area contributed by atoms with E-state index in [1.807, 2.05) is 30.3 Å². The highest BCUT2D eigenvalue weighted by atomic mass is 16.5. The zero-order valence-electron chi connectivity index (χ0n) is 16.5. The summed E-state index contributed by atoms with van der Waals surface area (Å²) < 4.78 is 11.9. The van der Waals surface area contributed by atoms with Gasteiger partial charge in [-0.15, -0.1) is 0 Å². The molecule has 0 aliphatic rings. The molecular weight excluding hydrogens is 320 g/mol. The molecule has 0 aromatic heterocycles. The van der Waals surface area contributed by atoms with Crippen LogP contribution in [0, 0.1) is 6.92 Å². The van der Waals surface area contributed by atoms with Gasteiger partial charge in [0, 0.05) is 6.61 Å². The summed E-state index contributed by atoms with van der Waals surface area (Å²) in [6.07, 6.45) is 10.1. The number of unbranched alkanes of at least 4 members (excludes halogenated alkanes) is 6. The molecule has 26 heavy (non-hydrogen) atoms. The van der Waals surface area contributed by atoms with E-state index in [0.717, 1.165) is 31.1 Å². The first-order valence-electron chi connectivity index (χ1n) is 10.2. The van der Waals surface area contributed by atoms with Crippen LogP contribution in [-0.4, -0.2) is 13.2 Å². The molecule has 0 aliphatic heterocycles. The van der Waals surface area contributed by atoms with E-state index in [-0.39, 0.29) is 0 Å². The highest BCUT2D eigenvalue weighted by molar-refractivity contribution is 5.40. The van der Waals surface area contributed by atoms with Crippen LogP contribution in [0.25, 0.3) is 0 Å². The van der Waals surface area contributed by atoms with Gasteiger partial charge in [-0.25, -0.2) is 0 Å². The Bertz CT molecular complexity index is 607. The number of aryl methyl sites for hydroxylation is 1. The van der Waals surface area contributed by atoms with E-state index in [2.05, 4.69) is 32.0 Å². The molecule has 2 heteroatoms. The monoisotopic (exact) mass is 354 g/mol. The van der Waals surface area contributed by atoms with E-state index >= 15 is 0 Å². The van der Waals surface area contributed by atoms with Gasteiger partial charge in [-0.2, -0.15) is 0 Å². The summed E-state index contributed by atoms with van der Waals surface area (Å²) in [6.45, 7) is 6.01. The molecular formula is C24H34O2.